The van der Waals surface area contributed by atoms with E-state index < -0.39 is 15.9 Å². The molecule has 33 heavy (non-hydrogen) atoms. The average molecular weight is 487 g/mol. The molecule has 3 rings (SSSR count). The van der Waals surface area contributed by atoms with Crippen molar-refractivity contribution in [2.24, 2.45) is 0 Å². The van der Waals surface area contributed by atoms with Crippen molar-refractivity contribution in [2.75, 3.05) is 17.9 Å². The predicted octanol–water partition coefficient (Wildman–Crippen LogP) is 5.21. The SMILES string of the molecule is CCCc1ccc(OCCNC(=O)c2ccc(Cl)c(S(=O)(=O)Nc3ccc(C)cc3)c2)cc1. The van der Waals surface area contributed by atoms with E-state index >= 15 is 0 Å². The van der Waals surface area contributed by atoms with Crippen LogP contribution in [0.3, 0.4) is 0 Å². The lowest BCUT2D eigenvalue weighted by Crippen LogP contribution is -2.28. The van der Waals surface area contributed by atoms with Gasteiger partial charge in [-0.3, -0.25) is 9.52 Å². The number of carbonyl (C=O) groups excluding carboxylic acids is 1. The second-order valence-corrected chi connectivity index (χ2v) is 9.67. The summed E-state index contributed by atoms with van der Waals surface area (Å²) in [4.78, 5) is 12.4. The van der Waals surface area contributed by atoms with Gasteiger partial charge in [0.25, 0.3) is 15.9 Å². The highest BCUT2D eigenvalue weighted by Crippen LogP contribution is 2.25. The van der Waals surface area contributed by atoms with E-state index in [2.05, 4.69) is 17.0 Å². The molecule has 1 amide bonds. The molecule has 0 bridgehead atoms. The molecule has 0 saturated heterocycles. The topological polar surface area (TPSA) is 84.5 Å². The Balaban J connectivity index is 1.59. The predicted molar refractivity (Wildman–Crippen MR) is 132 cm³/mol. The number of halogens is 1. The quantitative estimate of drug-likeness (QED) is 0.385. The molecule has 3 aromatic carbocycles. The lowest BCUT2D eigenvalue weighted by atomic mass is 10.1. The third-order valence-corrected chi connectivity index (χ3v) is 6.77. The van der Waals surface area contributed by atoms with Crippen LogP contribution < -0.4 is 14.8 Å². The van der Waals surface area contributed by atoms with Gasteiger partial charge in [-0.05, 0) is 61.4 Å². The lowest BCUT2D eigenvalue weighted by molar-refractivity contribution is 0.0947. The Hall–Kier alpha value is -3.03. The van der Waals surface area contributed by atoms with Crippen LogP contribution in [0.2, 0.25) is 5.02 Å². The second-order valence-electron chi connectivity index (χ2n) is 7.62. The molecule has 0 spiro atoms. The zero-order valence-corrected chi connectivity index (χ0v) is 20.2. The summed E-state index contributed by atoms with van der Waals surface area (Å²) in [5.74, 6) is 0.312. The fourth-order valence-corrected chi connectivity index (χ4v) is 4.74. The van der Waals surface area contributed by atoms with E-state index in [1.807, 2.05) is 31.2 Å². The van der Waals surface area contributed by atoms with Crippen molar-refractivity contribution in [1.29, 1.82) is 0 Å². The molecule has 2 N–H and O–H groups in total. The summed E-state index contributed by atoms with van der Waals surface area (Å²) in [6.45, 7) is 4.59. The monoisotopic (exact) mass is 486 g/mol. The van der Waals surface area contributed by atoms with Crippen molar-refractivity contribution >= 4 is 33.2 Å². The number of benzene rings is 3. The molecule has 0 atom stereocenters. The molecule has 3 aromatic rings. The summed E-state index contributed by atoms with van der Waals surface area (Å²) < 4.78 is 33.8. The van der Waals surface area contributed by atoms with E-state index in [0.29, 0.717) is 5.69 Å². The van der Waals surface area contributed by atoms with Crippen LogP contribution in [-0.4, -0.2) is 27.5 Å². The minimum atomic E-state index is -3.97. The van der Waals surface area contributed by atoms with E-state index in [9.17, 15) is 13.2 Å². The van der Waals surface area contributed by atoms with Crippen LogP contribution in [0.25, 0.3) is 0 Å². The largest absolute Gasteiger partial charge is 0.492 e. The maximum Gasteiger partial charge on any atom is 0.263 e. The maximum absolute atomic E-state index is 12.8. The molecule has 0 aliphatic carbocycles. The summed E-state index contributed by atoms with van der Waals surface area (Å²) in [5, 5.41) is 2.76. The Kier molecular flexibility index (Phi) is 8.36. The highest BCUT2D eigenvalue weighted by Gasteiger charge is 2.20. The molecular formula is C25H27ClN2O4S. The summed E-state index contributed by atoms with van der Waals surface area (Å²) >= 11 is 6.13. The summed E-state index contributed by atoms with van der Waals surface area (Å²) in [7, 11) is -3.97. The molecule has 174 valence electrons. The first-order valence-electron chi connectivity index (χ1n) is 10.7. The minimum Gasteiger partial charge on any atom is -0.492 e. The van der Waals surface area contributed by atoms with Crippen LogP contribution in [0.1, 0.15) is 34.8 Å². The normalized spacial score (nSPS) is 11.1. The smallest absolute Gasteiger partial charge is 0.263 e. The molecule has 0 fully saturated rings. The number of hydrogen-bond acceptors (Lipinski definition) is 4. The van der Waals surface area contributed by atoms with Gasteiger partial charge in [0.1, 0.15) is 17.3 Å². The van der Waals surface area contributed by atoms with Crippen LogP contribution in [0, 0.1) is 6.92 Å². The Morgan fingerprint density at radius 3 is 2.36 bits per heavy atom. The number of aryl methyl sites for hydroxylation is 2. The Morgan fingerprint density at radius 1 is 1.00 bits per heavy atom. The molecule has 0 radical (unpaired) electrons. The van der Waals surface area contributed by atoms with E-state index in [4.69, 9.17) is 16.3 Å². The van der Waals surface area contributed by atoms with Gasteiger partial charge in [-0.25, -0.2) is 8.42 Å². The number of rotatable bonds is 10. The average Bonchev–Trinajstić information content (AvgIpc) is 2.79. The highest BCUT2D eigenvalue weighted by molar-refractivity contribution is 7.92. The molecule has 6 nitrogen and oxygen atoms in total. The third kappa shape index (κ3) is 6.97. The zero-order valence-electron chi connectivity index (χ0n) is 18.6. The highest BCUT2D eigenvalue weighted by atomic mass is 35.5. The van der Waals surface area contributed by atoms with Gasteiger partial charge < -0.3 is 10.1 Å². The first kappa shape index (κ1) is 24.6. The van der Waals surface area contributed by atoms with Crippen molar-refractivity contribution in [3.05, 3.63) is 88.4 Å². The van der Waals surface area contributed by atoms with Crippen LogP contribution in [0.5, 0.6) is 5.75 Å². The fraction of sp³-hybridized carbons (Fsp3) is 0.240. The molecular weight excluding hydrogens is 460 g/mol. The number of nitrogens with one attached hydrogen (secondary N) is 2. The zero-order chi connectivity index (χ0) is 23.8. The van der Waals surface area contributed by atoms with Gasteiger partial charge in [-0.15, -0.1) is 0 Å². The summed E-state index contributed by atoms with van der Waals surface area (Å²) in [6, 6.07) is 18.9. The van der Waals surface area contributed by atoms with Crippen molar-refractivity contribution in [1.82, 2.24) is 5.32 Å². The molecule has 0 heterocycles. The lowest BCUT2D eigenvalue weighted by Gasteiger charge is -2.12. The molecule has 0 saturated carbocycles. The maximum atomic E-state index is 12.8. The van der Waals surface area contributed by atoms with Crippen LogP contribution >= 0.6 is 11.6 Å². The van der Waals surface area contributed by atoms with E-state index in [1.165, 1.54) is 23.8 Å². The van der Waals surface area contributed by atoms with E-state index in [1.54, 1.807) is 24.3 Å². The third-order valence-electron chi connectivity index (χ3n) is 4.91. The molecule has 8 heteroatoms. The van der Waals surface area contributed by atoms with Gasteiger partial charge in [0.05, 0.1) is 11.6 Å². The number of carbonyl (C=O) groups is 1. The number of hydrogen-bond donors (Lipinski definition) is 2. The first-order chi connectivity index (χ1) is 15.8. The van der Waals surface area contributed by atoms with Crippen LogP contribution in [-0.2, 0) is 16.4 Å². The second kappa shape index (κ2) is 11.2. The van der Waals surface area contributed by atoms with Crippen LogP contribution in [0.15, 0.2) is 71.6 Å². The standard InChI is InChI=1S/C25H27ClN2O4S/c1-3-4-19-7-12-22(13-8-19)32-16-15-27-25(29)20-9-14-23(26)24(17-20)33(30,31)28-21-10-5-18(2)6-11-21/h5-14,17,28H,3-4,15-16H2,1-2H3,(H,27,29). The Bertz CT molecular complexity index is 1190. The van der Waals surface area contributed by atoms with Gasteiger partial charge in [0, 0.05) is 11.3 Å². The molecule has 0 unspecified atom stereocenters. The molecule has 0 aromatic heterocycles. The number of sulfonamides is 1. The van der Waals surface area contributed by atoms with Gasteiger partial charge >= 0.3 is 0 Å². The van der Waals surface area contributed by atoms with Crippen molar-refractivity contribution in [3.8, 4) is 5.75 Å². The van der Waals surface area contributed by atoms with Crippen molar-refractivity contribution in [2.45, 2.75) is 31.6 Å². The first-order valence-corrected chi connectivity index (χ1v) is 12.5. The number of amides is 1. The van der Waals surface area contributed by atoms with Crippen LogP contribution in [0.4, 0.5) is 5.69 Å². The number of anilines is 1. The van der Waals surface area contributed by atoms with E-state index in [-0.39, 0.29) is 28.6 Å². The Labute approximate surface area is 200 Å². The fourth-order valence-electron chi connectivity index (χ4n) is 3.16. The minimum absolute atomic E-state index is 0.0287. The number of ether oxygens (including phenoxy) is 1. The van der Waals surface area contributed by atoms with Crippen molar-refractivity contribution < 1.29 is 17.9 Å². The summed E-state index contributed by atoms with van der Waals surface area (Å²) in [6.07, 6.45) is 2.11. The summed E-state index contributed by atoms with van der Waals surface area (Å²) in [5.41, 5.74) is 2.86. The van der Waals surface area contributed by atoms with E-state index in [0.717, 1.165) is 24.2 Å². The van der Waals surface area contributed by atoms with Gasteiger partial charge in [0.2, 0.25) is 0 Å². The van der Waals surface area contributed by atoms with Gasteiger partial charge in [-0.2, -0.15) is 0 Å². The van der Waals surface area contributed by atoms with Crippen molar-refractivity contribution in [3.63, 3.8) is 0 Å². The van der Waals surface area contributed by atoms with Gasteiger partial charge in [0.15, 0.2) is 0 Å². The van der Waals surface area contributed by atoms with Gasteiger partial charge in [-0.1, -0.05) is 54.8 Å². The molecule has 0 aliphatic heterocycles. The molecule has 0 aliphatic rings. The Morgan fingerprint density at radius 2 is 1.70 bits per heavy atom.